The van der Waals surface area contributed by atoms with Gasteiger partial charge in [-0.05, 0) is 30.2 Å². The first kappa shape index (κ1) is 16.3. The molecule has 0 radical (unpaired) electrons. The zero-order chi connectivity index (χ0) is 17.6. The number of nitrogens with zero attached hydrogens (tertiary/aromatic N) is 3. The van der Waals surface area contributed by atoms with Gasteiger partial charge in [-0.2, -0.15) is 0 Å². The number of rotatable bonds is 6. The monoisotopic (exact) mass is 338 g/mol. The number of nitro benzene ring substituents is 1. The van der Waals surface area contributed by atoms with Crippen molar-refractivity contribution in [2.24, 2.45) is 0 Å². The minimum atomic E-state index is -0.481. The van der Waals surface area contributed by atoms with Crippen LogP contribution in [0.3, 0.4) is 0 Å². The highest BCUT2D eigenvalue weighted by molar-refractivity contribution is 5.93. The highest BCUT2D eigenvalue weighted by Gasteiger charge is 2.14. The summed E-state index contributed by atoms with van der Waals surface area (Å²) in [5.74, 6) is 0.0214. The molecule has 2 aromatic heterocycles. The zero-order valence-corrected chi connectivity index (χ0v) is 13.1. The van der Waals surface area contributed by atoms with Crippen LogP contribution in [0.15, 0.2) is 59.4 Å². The summed E-state index contributed by atoms with van der Waals surface area (Å²) in [6.07, 6.45) is 4.10. The molecule has 0 saturated carbocycles. The predicted octanol–water partition coefficient (Wildman–Crippen LogP) is 2.62. The van der Waals surface area contributed by atoms with E-state index in [2.05, 4.69) is 15.5 Å². The largest absolute Gasteiger partial charge is 0.355 e. The van der Waals surface area contributed by atoms with Gasteiger partial charge in [-0.25, -0.2) is 0 Å². The van der Waals surface area contributed by atoms with E-state index in [9.17, 15) is 14.9 Å². The number of aromatic nitrogens is 2. The Balaban J connectivity index is 1.60. The van der Waals surface area contributed by atoms with Crippen molar-refractivity contribution in [3.8, 4) is 11.3 Å². The number of hydrogen-bond donors (Lipinski definition) is 1. The number of nitro groups is 1. The van der Waals surface area contributed by atoms with Crippen LogP contribution in [0.2, 0.25) is 0 Å². The molecule has 3 rings (SSSR count). The van der Waals surface area contributed by atoms with Gasteiger partial charge in [0.1, 0.15) is 0 Å². The Bertz CT molecular complexity index is 875. The van der Waals surface area contributed by atoms with Crippen LogP contribution in [0, 0.1) is 10.1 Å². The summed E-state index contributed by atoms with van der Waals surface area (Å²) in [6, 6.07) is 11.1. The molecule has 0 aliphatic rings. The summed E-state index contributed by atoms with van der Waals surface area (Å²) >= 11 is 0. The topological polar surface area (TPSA) is 111 Å². The van der Waals surface area contributed by atoms with Crippen LogP contribution in [-0.4, -0.2) is 27.5 Å². The lowest BCUT2D eigenvalue weighted by Gasteiger charge is -2.02. The number of carbonyl (C=O) groups is 1. The second-order valence-electron chi connectivity index (χ2n) is 5.25. The minimum absolute atomic E-state index is 0.0170. The molecule has 3 aromatic rings. The van der Waals surface area contributed by atoms with E-state index in [1.807, 2.05) is 12.1 Å². The molecule has 1 N–H and O–H groups in total. The first-order valence-corrected chi connectivity index (χ1v) is 7.52. The standard InChI is InChI=1S/C17H14N4O4/c22-17(19-9-7-12-2-1-8-18-11-12)15-10-16(25-20-15)13-3-5-14(6-4-13)21(23)24/h1-6,8,10-11H,7,9H2,(H,19,22). The first-order valence-electron chi connectivity index (χ1n) is 7.52. The van der Waals surface area contributed by atoms with Crippen LogP contribution in [-0.2, 0) is 6.42 Å². The maximum Gasteiger partial charge on any atom is 0.273 e. The second-order valence-corrected chi connectivity index (χ2v) is 5.25. The predicted molar refractivity (Wildman–Crippen MR) is 88.9 cm³/mol. The number of benzene rings is 1. The molecular weight excluding hydrogens is 324 g/mol. The number of nitrogens with one attached hydrogen (secondary N) is 1. The molecular formula is C17H14N4O4. The molecule has 8 heteroatoms. The molecule has 0 bridgehead atoms. The SMILES string of the molecule is O=C(NCCc1cccnc1)c1cc(-c2ccc([N+](=O)[O-])cc2)on1. The Hall–Kier alpha value is -3.55. The zero-order valence-electron chi connectivity index (χ0n) is 13.1. The summed E-state index contributed by atoms with van der Waals surface area (Å²) in [5, 5.41) is 17.2. The van der Waals surface area contributed by atoms with E-state index in [1.54, 1.807) is 24.5 Å². The molecule has 0 aliphatic heterocycles. The van der Waals surface area contributed by atoms with Crippen LogP contribution in [0.25, 0.3) is 11.3 Å². The minimum Gasteiger partial charge on any atom is -0.355 e. The van der Waals surface area contributed by atoms with Gasteiger partial charge in [0.25, 0.3) is 11.6 Å². The van der Waals surface area contributed by atoms with Crippen molar-refractivity contribution in [3.05, 3.63) is 76.2 Å². The molecule has 25 heavy (non-hydrogen) atoms. The van der Waals surface area contributed by atoms with Crippen LogP contribution in [0.1, 0.15) is 16.1 Å². The Morgan fingerprint density at radius 2 is 2.04 bits per heavy atom. The highest BCUT2D eigenvalue weighted by Crippen LogP contribution is 2.23. The van der Waals surface area contributed by atoms with Crippen LogP contribution < -0.4 is 5.32 Å². The molecule has 8 nitrogen and oxygen atoms in total. The lowest BCUT2D eigenvalue weighted by atomic mass is 10.1. The molecule has 0 unspecified atom stereocenters. The van der Waals surface area contributed by atoms with Crippen LogP contribution in [0.5, 0.6) is 0 Å². The van der Waals surface area contributed by atoms with Crippen molar-refractivity contribution in [1.29, 1.82) is 0 Å². The molecule has 1 aromatic carbocycles. The van der Waals surface area contributed by atoms with Gasteiger partial charge in [0.2, 0.25) is 0 Å². The van der Waals surface area contributed by atoms with Crippen molar-refractivity contribution >= 4 is 11.6 Å². The van der Waals surface area contributed by atoms with Gasteiger partial charge in [0.15, 0.2) is 11.5 Å². The van der Waals surface area contributed by atoms with E-state index in [-0.39, 0.29) is 17.3 Å². The van der Waals surface area contributed by atoms with Gasteiger partial charge < -0.3 is 9.84 Å². The summed E-state index contributed by atoms with van der Waals surface area (Å²) in [4.78, 5) is 26.3. The van der Waals surface area contributed by atoms with Gasteiger partial charge >= 0.3 is 0 Å². The number of amides is 1. The van der Waals surface area contributed by atoms with Gasteiger partial charge in [-0.3, -0.25) is 19.9 Å². The maximum absolute atomic E-state index is 12.1. The van der Waals surface area contributed by atoms with E-state index in [4.69, 9.17) is 4.52 Å². The van der Waals surface area contributed by atoms with E-state index < -0.39 is 4.92 Å². The Morgan fingerprint density at radius 3 is 2.72 bits per heavy atom. The summed E-state index contributed by atoms with van der Waals surface area (Å²) in [7, 11) is 0. The maximum atomic E-state index is 12.1. The van der Waals surface area contributed by atoms with Gasteiger partial charge in [0.05, 0.1) is 4.92 Å². The van der Waals surface area contributed by atoms with E-state index in [1.165, 1.54) is 18.2 Å². The Kier molecular flexibility index (Phi) is 4.79. The number of non-ortho nitro benzene ring substituents is 1. The summed E-state index contributed by atoms with van der Waals surface area (Å²) < 4.78 is 5.15. The average molecular weight is 338 g/mol. The number of hydrogen-bond acceptors (Lipinski definition) is 6. The van der Waals surface area contributed by atoms with Gasteiger partial charge in [-0.15, -0.1) is 0 Å². The van der Waals surface area contributed by atoms with Crippen molar-refractivity contribution in [3.63, 3.8) is 0 Å². The number of carbonyl (C=O) groups excluding carboxylic acids is 1. The van der Waals surface area contributed by atoms with Gasteiger partial charge in [-0.1, -0.05) is 11.2 Å². The third-order valence-electron chi connectivity index (χ3n) is 3.53. The average Bonchev–Trinajstić information content (AvgIpc) is 3.13. The third-order valence-corrected chi connectivity index (χ3v) is 3.53. The van der Waals surface area contributed by atoms with E-state index in [0.717, 1.165) is 5.56 Å². The van der Waals surface area contributed by atoms with Crippen molar-refractivity contribution < 1.29 is 14.2 Å². The fourth-order valence-electron chi connectivity index (χ4n) is 2.22. The van der Waals surface area contributed by atoms with Crippen LogP contribution in [0.4, 0.5) is 5.69 Å². The van der Waals surface area contributed by atoms with Crippen molar-refractivity contribution in [2.75, 3.05) is 6.54 Å². The molecule has 0 saturated heterocycles. The van der Waals surface area contributed by atoms with Crippen molar-refractivity contribution in [1.82, 2.24) is 15.5 Å². The summed E-state index contributed by atoms with van der Waals surface area (Å²) in [5.41, 5.74) is 1.76. The fraction of sp³-hybridized carbons (Fsp3) is 0.118. The molecule has 0 atom stereocenters. The first-order chi connectivity index (χ1) is 12.1. The molecule has 1 amide bonds. The molecule has 126 valence electrons. The smallest absolute Gasteiger partial charge is 0.273 e. The lowest BCUT2D eigenvalue weighted by Crippen LogP contribution is -2.25. The molecule has 2 heterocycles. The Morgan fingerprint density at radius 1 is 1.24 bits per heavy atom. The van der Waals surface area contributed by atoms with Crippen molar-refractivity contribution in [2.45, 2.75) is 6.42 Å². The van der Waals surface area contributed by atoms with E-state index >= 15 is 0 Å². The van der Waals surface area contributed by atoms with Crippen LogP contribution >= 0.6 is 0 Å². The quantitative estimate of drug-likeness (QED) is 0.546. The lowest BCUT2D eigenvalue weighted by molar-refractivity contribution is -0.384. The summed E-state index contributed by atoms with van der Waals surface area (Å²) in [6.45, 7) is 0.449. The number of pyridine rings is 1. The Labute approximate surface area is 142 Å². The second kappa shape index (κ2) is 7.35. The van der Waals surface area contributed by atoms with Gasteiger partial charge in [0, 0.05) is 42.7 Å². The molecule has 0 fully saturated rings. The van der Waals surface area contributed by atoms with E-state index in [0.29, 0.717) is 24.3 Å². The molecule has 0 aliphatic carbocycles. The normalized spacial score (nSPS) is 10.4. The highest BCUT2D eigenvalue weighted by atomic mass is 16.6. The fourth-order valence-corrected chi connectivity index (χ4v) is 2.22. The third kappa shape index (κ3) is 4.05. The molecule has 0 spiro atoms.